The average Bonchev–Trinajstić information content (AvgIpc) is 2.13. The van der Waals surface area contributed by atoms with Crippen molar-refractivity contribution in [1.82, 2.24) is 0 Å². The summed E-state index contributed by atoms with van der Waals surface area (Å²) < 4.78 is 5.05. The third-order valence-electron chi connectivity index (χ3n) is 2.36. The second kappa shape index (κ2) is 4.31. The lowest BCUT2D eigenvalue weighted by Crippen LogP contribution is -2.40. The van der Waals surface area contributed by atoms with Crippen molar-refractivity contribution in [3.8, 4) is 0 Å². The van der Waals surface area contributed by atoms with Crippen LogP contribution in [0.4, 0.5) is 5.69 Å². The van der Waals surface area contributed by atoms with Gasteiger partial charge in [0.15, 0.2) is 0 Å². The zero-order chi connectivity index (χ0) is 10.7. The third-order valence-corrected chi connectivity index (χ3v) is 2.36. The van der Waals surface area contributed by atoms with Crippen LogP contribution in [0, 0.1) is 0 Å². The molecule has 0 amide bonds. The summed E-state index contributed by atoms with van der Waals surface area (Å²) >= 11 is 0. The van der Waals surface area contributed by atoms with E-state index in [1.54, 1.807) is 0 Å². The van der Waals surface area contributed by atoms with Crippen LogP contribution in [0.25, 0.3) is 0 Å². The fraction of sp³-hybridized carbons (Fsp3) is 0.364. The Hall–Kier alpha value is -1.55. The van der Waals surface area contributed by atoms with Crippen molar-refractivity contribution in [2.24, 2.45) is 0 Å². The van der Waals surface area contributed by atoms with Gasteiger partial charge < -0.3 is 15.2 Å². The first-order valence-corrected chi connectivity index (χ1v) is 4.89. The highest BCUT2D eigenvalue weighted by molar-refractivity contribution is 5.73. The van der Waals surface area contributed by atoms with E-state index in [2.05, 4.69) is 5.32 Å². The molecule has 1 aromatic carbocycles. The molecule has 0 radical (unpaired) electrons. The summed E-state index contributed by atoms with van der Waals surface area (Å²) in [6.45, 7) is 1.39. The van der Waals surface area contributed by atoms with E-state index in [9.17, 15) is 4.79 Å². The van der Waals surface area contributed by atoms with Crippen LogP contribution >= 0.6 is 0 Å². The molecule has 1 aromatic rings. The van der Waals surface area contributed by atoms with Crippen molar-refractivity contribution in [3.63, 3.8) is 0 Å². The highest BCUT2D eigenvalue weighted by Gasteiger charge is 2.19. The molecule has 0 bridgehead atoms. The summed E-state index contributed by atoms with van der Waals surface area (Å²) in [5, 5.41) is 12.0. The van der Waals surface area contributed by atoms with Crippen molar-refractivity contribution in [2.45, 2.75) is 12.5 Å². The predicted molar refractivity (Wildman–Crippen MR) is 56.0 cm³/mol. The van der Waals surface area contributed by atoms with Crippen molar-refractivity contribution in [3.05, 3.63) is 29.8 Å². The molecule has 0 atom stereocenters. The van der Waals surface area contributed by atoms with Crippen molar-refractivity contribution >= 4 is 11.7 Å². The smallest absolute Gasteiger partial charge is 0.307 e. The maximum Gasteiger partial charge on any atom is 0.307 e. The SMILES string of the molecule is O=C(O)Cc1ccccc1NC1COC1. The lowest BCUT2D eigenvalue weighted by Gasteiger charge is -2.28. The number of anilines is 1. The third kappa shape index (κ3) is 2.47. The van der Waals surface area contributed by atoms with Gasteiger partial charge >= 0.3 is 5.97 Å². The molecule has 1 aliphatic heterocycles. The largest absolute Gasteiger partial charge is 0.481 e. The number of hydrogen-bond donors (Lipinski definition) is 2. The minimum absolute atomic E-state index is 0.0523. The number of carbonyl (C=O) groups is 1. The number of carboxylic acid groups (broad SMARTS) is 1. The average molecular weight is 207 g/mol. The molecule has 2 rings (SSSR count). The van der Waals surface area contributed by atoms with Crippen LogP contribution in [0.3, 0.4) is 0 Å². The second-order valence-electron chi connectivity index (χ2n) is 3.61. The molecule has 1 aliphatic rings. The van der Waals surface area contributed by atoms with E-state index < -0.39 is 5.97 Å². The molecule has 80 valence electrons. The molecule has 0 saturated carbocycles. The molecular formula is C11H13NO3. The summed E-state index contributed by atoms with van der Waals surface area (Å²) in [6, 6.07) is 7.79. The lowest BCUT2D eigenvalue weighted by molar-refractivity contribution is -0.136. The highest BCUT2D eigenvalue weighted by Crippen LogP contribution is 2.18. The number of carboxylic acids is 1. The molecule has 1 fully saturated rings. The van der Waals surface area contributed by atoms with Crippen molar-refractivity contribution in [2.75, 3.05) is 18.5 Å². The molecule has 0 aliphatic carbocycles. The Balaban J connectivity index is 2.09. The number of nitrogens with one attached hydrogen (secondary N) is 1. The van der Waals surface area contributed by atoms with Crippen LogP contribution in [0.2, 0.25) is 0 Å². The van der Waals surface area contributed by atoms with E-state index in [1.807, 2.05) is 24.3 Å². The normalized spacial score (nSPS) is 15.7. The standard InChI is InChI=1S/C11H13NO3/c13-11(14)5-8-3-1-2-4-10(8)12-9-6-15-7-9/h1-4,9,12H,5-7H2,(H,13,14). The van der Waals surface area contributed by atoms with E-state index in [1.165, 1.54) is 0 Å². The number of para-hydroxylation sites is 1. The summed E-state index contributed by atoms with van der Waals surface area (Å²) in [7, 11) is 0. The molecule has 0 spiro atoms. The van der Waals surface area contributed by atoms with Crippen LogP contribution in [0.15, 0.2) is 24.3 Å². The number of hydrogen-bond acceptors (Lipinski definition) is 3. The maximum atomic E-state index is 10.6. The van der Waals surface area contributed by atoms with E-state index in [0.717, 1.165) is 11.3 Å². The molecule has 1 saturated heterocycles. The predicted octanol–water partition coefficient (Wildman–Crippen LogP) is 1.12. The topological polar surface area (TPSA) is 58.6 Å². The molecule has 0 unspecified atom stereocenters. The first kappa shape index (κ1) is 9.98. The second-order valence-corrected chi connectivity index (χ2v) is 3.61. The Morgan fingerprint density at radius 1 is 1.47 bits per heavy atom. The summed E-state index contributed by atoms with van der Waals surface area (Å²) in [5.41, 5.74) is 1.71. The quantitative estimate of drug-likeness (QED) is 0.776. The van der Waals surface area contributed by atoms with Crippen LogP contribution in [0.1, 0.15) is 5.56 Å². The van der Waals surface area contributed by atoms with E-state index in [0.29, 0.717) is 19.3 Å². The van der Waals surface area contributed by atoms with Gasteiger partial charge in [-0.05, 0) is 11.6 Å². The molecule has 15 heavy (non-hydrogen) atoms. The minimum atomic E-state index is -0.811. The molecular weight excluding hydrogens is 194 g/mol. The molecule has 2 N–H and O–H groups in total. The number of ether oxygens (including phenoxy) is 1. The Bertz CT molecular complexity index is 361. The monoisotopic (exact) mass is 207 g/mol. The first-order chi connectivity index (χ1) is 7.25. The minimum Gasteiger partial charge on any atom is -0.481 e. The number of rotatable bonds is 4. The van der Waals surface area contributed by atoms with Crippen molar-refractivity contribution < 1.29 is 14.6 Å². The number of aliphatic carboxylic acids is 1. The number of benzene rings is 1. The van der Waals surface area contributed by atoms with Crippen LogP contribution < -0.4 is 5.32 Å². The van der Waals surface area contributed by atoms with Gasteiger partial charge in [0.1, 0.15) is 0 Å². The van der Waals surface area contributed by atoms with E-state index >= 15 is 0 Å². The first-order valence-electron chi connectivity index (χ1n) is 4.89. The van der Waals surface area contributed by atoms with Gasteiger partial charge in [-0.2, -0.15) is 0 Å². The fourth-order valence-electron chi connectivity index (χ4n) is 1.52. The molecule has 1 heterocycles. The fourth-order valence-corrected chi connectivity index (χ4v) is 1.52. The van der Waals surface area contributed by atoms with Gasteiger partial charge in [0, 0.05) is 5.69 Å². The van der Waals surface area contributed by atoms with Gasteiger partial charge in [0.25, 0.3) is 0 Å². The van der Waals surface area contributed by atoms with Gasteiger partial charge in [-0.15, -0.1) is 0 Å². The van der Waals surface area contributed by atoms with Gasteiger partial charge in [0.2, 0.25) is 0 Å². The summed E-state index contributed by atoms with van der Waals surface area (Å²) in [4.78, 5) is 10.6. The summed E-state index contributed by atoms with van der Waals surface area (Å²) in [5.74, 6) is -0.811. The van der Waals surface area contributed by atoms with Gasteiger partial charge in [0.05, 0.1) is 25.7 Å². The Labute approximate surface area is 87.9 Å². The Kier molecular flexibility index (Phi) is 2.87. The zero-order valence-corrected chi connectivity index (χ0v) is 8.27. The van der Waals surface area contributed by atoms with Crippen LogP contribution in [-0.4, -0.2) is 30.3 Å². The molecule has 0 aromatic heterocycles. The van der Waals surface area contributed by atoms with E-state index in [4.69, 9.17) is 9.84 Å². The molecule has 4 heteroatoms. The lowest BCUT2D eigenvalue weighted by atomic mass is 10.1. The maximum absolute atomic E-state index is 10.6. The van der Waals surface area contributed by atoms with Gasteiger partial charge in [-0.1, -0.05) is 18.2 Å². The van der Waals surface area contributed by atoms with Crippen LogP contribution in [0.5, 0.6) is 0 Å². The summed E-state index contributed by atoms with van der Waals surface area (Å²) in [6.07, 6.45) is 0.0523. The van der Waals surface area contributed by atoms with Crippen LogP contribution in [-0.2, 0) is 16.0 Å². The van der Waals surface area contributed by atoms with Crippen molar-refractivity contribution in [1.29, 1.82) is 0 Å². The Morgan fingerprint density at radius 2 is 2.20 bits per heavy atom. The Morgan fingerprint density at radius 3 is 2.80 bits per heavy atom. The van der Waals surface area contributed by atoms with E-state index in [-0.39, 0.29) is 6.42 Å². The van der Waals surface area contributed by atoms with Gasteiger partial charge in [-0.3, -0.25) is 4.79 Å². The highest BCUT2D eigenvalue weighted by atomic mass is 16.5. The molecule has 4 nitrogen and oxygen atoms in total. The van der Waals surface area contributed by atoms with Gasteiger partial charge in [-0.25, -0.2) is 0 Å². The zero-order valence-electron chi connectivity index (χ0n) is 8.27.